The fourth-order valence-corrected chi connectivity index (χ4v) is 7.83. The van der Waals surface area contributed by atoms with Crippen LogP contribution in [0.1, 0.15) is 50.4 Å². The summed E-state index contributed by atoms with van der Waals surface area (Å²) >= 11 is 0. The van der Waals surface area contributed by atoms with Gasteiger partial charge in [0.15, 0.2) is 0 Å². The van der Waals surface area contributed by atoms with Crippen LogP contribution in [-0.4, -0.2) is 32.0 Å². The highest BCUT2D eigenvalue weighted by atomic mass is 15.1. The van der Waals surface area contributed by atoms with Crippen molar-refractivity contribution in [2.75, 3.05) is 0 Å². The van der Waals surface area contributed by atoms with E-state index < -0.39 is 0 Å². The Morgan fingerprint density at radius 3 is 1.73 bits per heavy atom. The van der Waals surface area contributed by atoms with Crippen LogP contribution in [0.25, 0.3) is 44.4 Å². The molecule has 4 aliphatic rings. The molecule has 40 heavy (non-hydrogen) atoms. The van der Waals surface area contributed by atoms with Gasteiger partial charge in [-0.1, -0.05) is 74.5 Å². The third-order valence-corrected chi connectivity index (χ3v) is 10.5. The Morgan fingerprint density at radius 2 is 1.12 bits per heavy atom. The number of aromatic amines is 2. The van der Waals surface area contributed by atoms with Gasteiger partial charge < -0.3 is 20.6 Å². The molecule has 4 heterocycles. The van der Waals surface area contributed by atoms with Gasteiger partial charge in [-0.2, -0.15) is 0 Å². The fourth-order valence-electron chi connectivity index (χ4n) is 7.83. The Bertz CT molecular complexity index is 1720. The maximum atomic E-state index is 4.79. The summed E-state index contributed by atoms with van der Waals surface area (Å²) in [5, 5.41) is 9.99. The number of rotatable bonds is 5. The third-order valence-electron chi connectivity index (χ3n) is 10.5. The van der Waals surface area contributed by atoms with Crippen LogP contribution < -0.4 is 10.6 Å². The number of fused-ring (bicyclic) bond motifs is 3. The van der Waals surface area contributed by atoms with E-state index >= 15 is 0 Å². The number of nitrogens with one attached hydrogen (secondary N) is 4. The molecule has 3 aromatic carbocycles. The molecule has 0 amide bonds. The quantitative estimate of drug-likeness (QED) is 0.207. The van der Waals surface area contributed by atoms with Crippen molar-refractivity contribution in [1.82, 2.24) is 30.6 Å². The molecule has 0 bridgehead atoms. The molecule has 2 saturated carbocycles. The van der Waals surface area contributed by atoms with Crippen molar-refractivity contribution in [1.29, 1.82) is 0 Å². The number of hydrogen-bond donors (Lipinski definition) is 4. The number of benzene rings is 3. The zero-order valence-corrected chi connectivity index (χ0v) is 22.9. The number of nitrogens with zero attached hydrogens (tertiary/aromatic N) is 2. The SMILES string of the molecule is C[C@@H]1C2C[C@@H](c3ncc(-c4ccc(-c5cccc6c(-c7cnc([C@@H]8CC9C(N8)[C@@H]9C)[nH]7)cccc56)cc4)[nH]3)NC21. The summed E-state index contributed by atoms with van der Waals surface area (Å²) in [4.78, 5) is 16.7. The Kier molecular flexibility index (Phi) is 4.82. The molecule has 0 radical (unpaired) electrons. The Hall–Kier alpha value is -3.74. The van der Waals surface area contributed by atoms with Gasteiger partial charge in [0, 0.05) is 17.6 Å². The molecule has 2 saturated heterocycles. The molecular weight excluding hydrogens is 492 g/mol. The summed E-state index contributed by atoms with van der Waals surface area (Å²) in [6.07, 6.45) is 6.36. The molecular formula is C34H34N6. The van der Waals surface area contributed by atoms with Crippen molar-refractivity contribution >= 4 is 10.8 Å². The van der Waals surface area contributed by atoms with Gasteiger partial charge in [-0.3, -0.25) is 0 Å². The number of hydrogen-bond acceptors (Lipinski definition) is 4. The first-order valence-electron chi connectivity index (χ1n) is 14.9. The lowest BCUT2D eigenvalue weighted by Gasteiger charge is -2.12. The van der Waals surface area contributed by atoms with Crippen LogP contribution >= 0.6 is 0 Å². The molecule has 2 aliphatic heterocycles. The first-order valence-corrected chi connectivity index (χ1v) is 14.9. The summed E-state index contributed by atoms with van der Waals surface area (Å²) < 4.78 is 0. The number of aromatic nitrogens is 4. The fraction of sp³-hybridized carbons (Fsp3) is 0.353. The second-order valence-electron chi connectivity index (χ2n) is 12.7. The first-order chi connectivity index (χ1) is 19.6. The van der Waals surface area contributed by atoms with Gasteiger partial charge in [0.1, 0.15) is 11.6 Å². The molecule has 4 N–H and O–H groups in total. The van der Waals surface area contributed by atoms with Gasteiger partial charge in [-0.25, -0.2) is 9.97 Å². The Labute approximate surface area is 234 Å². The standard InChI is InChI=1S/C34H34N6/c1-17-25-13-27(37-31(17)25)33-35-15-29(39-33)20-11-9-19(10-12-20)21-5-3-7-23-22(21)6-4-8-24(23)30-16-36-34(40-30)28-14-26-18(2)32(26)38-28/h3-12,15-18,25-28,31-32,37-38H,13-14H2,1-2H3,(H,35,39)(H,36,40)/t17-,18-,25?,26?,27+,28+,31?,32?/m1/s1. The normalized spacial score (nSPS) is 31.9. The highest BCUT2D eigenvalue weighted by Gasteiger charge is 2.54. The predicted molar refractivity (Wildman–Crippen MR) is 158 cm³/mol. The molecule has 200 valence electrons. The molecule has 0 spiro atoms. The topological polar surface area (TPSA) is 81.4 Å². The maximum absolute atomic E-state index is 4.79. The van der Waals surface area contributed by atoms with E-state index in [-0.39, 0.29) is 0 Å². The molecule has 4 unspecified atom stereocenters. The zero-order chi connectivity index (χ0) is 26.5. The van der Waals surface area contributed by atoms with Crippen molar-refractivity contribution < 1.29 is 0 Å². The van der Waals surface area contributed by atoms with Crippen molar-refractivity contribution in [3.63, 3.8) is 0 Å². The van der Waals surface area contributed by atoms with Crippen LogP contribution in [0, 0.1) is 23.7 Å². The number of imidazole rings is 2. The van der Waals surface area contributed by atoms with Crippen LogP contribution in [0.3, 0.4) is 0 Å². The average molecular weight is 527 g/mol. The molecule has 9 rings (SSSR count). The molecule has 4 fully saturated rings. The summed E-state index contributed by atoms with van der Waals surface area (Å²) in [5.41, 5.74) is 6.98. The second kappa shape index (κ2) is 8.38. The second-order valence-corrected chi connectivity index (χ2v) is 12.7. The van der Waals surface area contributed by atoms with E-state index in [4.69, 9.17) is 9.97 Å². The van der Waals surface area contributed by atoms with Gasteiger partial charge in [0.25, 0.3) is 0 Å². The molecule has 6 heteroatoms. The maximum Gasteiger partial charge on any atom is 0.123 e. The first kappa shape index (κ1) is 23.0. The van der Waals surface area contributed by atoms with Crippen LogP contribution in [-0.2, 0) is 0 Å². The van der Waals surface area contributed by atoms with E-state index in [0.717, 1.165) is 52.3 Å². The van der Waals surface area contributed by atoms with Crippen LogP contribution in [0.4, 0.5) is 0 Å². The largest absolute Gasteiger partial charge is 0.341 e. The monoisotopic (exact) mass is 526 g/mol. The Morgan fingerprint density at radius 1 is 0.600 bits per heavy atom. The highest BCUT2D eigenvalue weighted by Crippen LogP contribution is 2.51. The minimum absolute atomic E-state index is 0.346. The van der Waals surface area contributed by atoms with E-state index in [1.165, 1.54) is 40.3 Å². The minimum Gasteiger partial charge on any atom is -0.341 e. The van der Waals surface area contributed by atoms with Crippen LogP contribution in [0.15, 0.2) is 73.1 Å². The molecule has 6 nitrogen and oxygen atoms in total. The molecule has 2 aromatic heterocycles. The summed E-state index contributed by atoms with van der Waals surface area (Å²) in [5.74, 6) is 5.42. The van der Waals surface area contributed by atoms with E-state index in [2.05, 4.69) is 95.1 Å². The average Bonchev–Trinajstić information content (AvgIpc) is 3.55. The van der Waals surface area contributed by atoms with Gasteiger partial charge >= 0.3 is 0 Å². The van der Waals surface area contributed by atoms with Crippen molar-refractivity contribution in [3.8, 4) is 33.6 Å². The van der Waals surface area contributed by atoms with Crippen LogP contribution in [0.5, 0.6) is 0 Å². The lowest BCUT2D eigenvalue weighted by molar-refractivity contribution is 0.498. The van der Waals surface area contributed by atoms with Crippen molar-refractivity contribution in [2.24, 2.45) is 23.7 Å². The summed E-state index contributed by atoms with van der Waals surface area (Å²) in [6.45, 7) is 4.69. The lowest BCUT2D eigenvalue weighted by atomic mass is 9.94. The zero-order valence-electron chi connectivity index (χ0n) is 22.9. The van der Waals surface area contributed by atoms with Crippen molar-refractivity contribution in [2.45, 2.75) is 50.9 Å². The van der Waals surface area contributed by atoms with E-state index in [9.17, 15) is 0 Å². The summed E-state index contributed by atoms with van der Waals surface area (Å²) in [7, 11) is 0. The Balaban J connectivity index is 0.988. The van der Waals surface area contributed by atoms with E-state index in [1.807, 2.05) is 12.4 Å². The van der Waals surface area contributed by atoms with Crippen LogP contribution in [0.2, 0.25) is 0 Å². The van der Waals surface area contributed by atoms with E-state index in [0.29, 0.717) is 24.2 Å². The van der Waals surface area contributed by atoms with Gasteiger partial charge in [-0.05, 0) is 64.0 Å². The molecule has 5 aromatic rings. The minimum atomic E-state index is 0.346. The number of H-pyrrole nitrogens is 2. The predicted octanol–water partition coefficient (Wildman–Crippen LogP) is 6.62. The molecule has 8 atom stereocenters. The van der Waals surface area contributed by atoms with Gasteiger partial charge in [0.2, 0.25) is 0 Å². The third kappa shape index (κ3) is 3.49. The molecule has 2 aliphatic carbocycles. The highest BCUT2D eigenvalue weighted by molar-refractivity contribution is 6.04. The summed E-state index contributed by atoms with van der Waals surface area (Å²) in [6, 6.07) is 24.2. The smallest absolute Gasteiger partial charge is 0.123 e. The lowest BCUT2D eigenvalue weighted by Crippen LogP contribution is -2.21. The van der Waals surface area contributed by atoms with Crippen molar-refractivity contribution in [3.05, 3.63) is 84.7 Å². The van der Waals surface area contributed by atoms with Gasteiger partial charge in [0.05, 0.1) is 35.9 Å². The van der Waals surface area contributed by atoms with Gasteiger partial charge in [-0.15, -0.1) is 0 Å². The number of piperidine rings is 2. The van der Waals surface area contributed by atoms with E-state index in [1.54, 1.807) is 0 Å².